The highest BCUT2D eigenvalue weighted by molar-refractivity contribution is 6.42. The van der Waals surface area contributed by atoms with Gasteiger partial charge in [0.1, 0.15) is 18.0 Å². The normalized spacial score (nSPS) is 13.0. The molecule has 1 aromatic carbocycles. The van der Waals surface area contributed by atoms with Crippen molar-refractivity contribution in [1.82, 2.24) is 15.6 Å². The highest BCUT2D eigenvalue weighted by Crippen LogP contribution is 2.23. The second-order valence-electron chi connectivity index (χ2n) is 7.01. The molecule has 0 saturated carbocycles. The Balaban J connectivity index is 2.13. The minimum absolute atomic E-state index is 0.180. The lowest BCUT2D eigenvalue weighted by atomic mass is 10.0. The molecule has 2 atom stereocenters. The number of carbonyl (C=O) groups is 2. The molecule has 156 valence electrons. The summed E-state index contributed by atoms with van der Waals surface area (Å²) < 4.78 is 0. The summed E-state index contributed by atoms with van der Waals surface area (Å²) >= 11 is 12.0. The Morgan fingerprint density at radius 1 is 1.10 bits per heavy atom. The number of aromatic nitrogens is 1. The average Bonchev–Trinajstić information content (AvgIpc) is 2.68. The lowest BCUT2D eigenvalue weighted by molar-refractivity contribution is -0.135. The van der Waals surface area contributed by atoms with Crippen LogP contribution >= 0.6 is 23.2 Å². The zero-order valence-corrected chi connectivity index (χ0v) is 17.7. The van der Waals surface area contributed by atoms with Crippen LogP contribution in [0.4, 0.5) is 5.82 Å². The fourth-order valence-corrected chi connectivity index (χ4v) is 2.85. The van der Waals surface area contributed by atoms with Gasteiger partial charge in [-0.3, -0.25) is 9.59 Å². The van der Waals surface area contributed by atoms with E-state index in [-0.39, 0.29) is 18.9 Å². The van der Waals surface area contributed by atoms with E-state index < -0.39 is 24.0 Å². The van der Waals surface area contributed by atoms with Crippen LogP contribution in [0.15, 0.2) is 36.5 Å². The van der Waals surface area contributed by atoms with E-state index in [1.807, 2.05) is 0 Å². The quantitative estimate of drug-likeness (QED) is 0.504. The van der Waals surface area contributed by atoms with Crippen molar-refractivity contribution in [3.63, 3.8) is 0 Å². The fraction of sp³-hybridized carbons (Fsp3) is 0.350. The van der Waals surface area contributed by atoms with Gasteiger partial charge in [-0.2, -0.15) is 0 Å². The van der Waals surface area contributed by atoms with Gasteiger partial charge in [-0.1, -0.05) is 49.2 Å². The number of halogens is 2. The van der Waals surface area contributed by atoms with Crippen molar-refractivity contribution in [1.29, 1.82) is 0 Å². The number of nitrogens with two attached hydrogens (primary N) is 1. The molecule has 1 aromatic heterocycles. The van der Waals surface area contributed by atoms with Crippen molar-refractivity contribution in [2.75, 3.05) is 5.73 Å². The molecular formula is C20H24Cl2N4O3. The number of anilines is 1. The molecule has 2 amide bonds. The fourth-order valence-electron chi connectivity index (χ4n) is 2.52. The van der Waals surface area contributed by atoms with E-state index in [2.05, 4.69) is 15.6 Å². The molecule has 0 aliphatic rings. The van der Waals surface area contributed by atoms with Crippen LogP contribution in [-0.2, 0) is 22.6 Å². The van der Waals surface area contributed by atoms with Crippen LogP contribution in [0, 0.1) is 5.92 Å². The lowest BCUT2D eigenvalue weighted by Crippen LogP contribution is -2.51. The molecule has 29 heavy (non-hydrogen) atoms. The van der Waals surface area contributed by atoms with E-state index in [1.54, 1.807) is 50.4 Å². The minimum Gasteiger partial charge on any atom is -0.384 e. The number of aliphatic hydroxyl groups excluding tert-OH is 1. The summed E-state index contributed by atoms with van der Waals surface area (Å²) in [4.78, 5) is 29.0. The third-order valence-corrected chi connectivity index (χ3v) is 5.01. The molecule has 5 N–H and O–H groups in total. The first-order valence-electron chi connectivity index (χ1n) is 9.08. The van der Waals surface area contributed by atoms with Gasteiger partial charge in [-0.25, -0.2) is 4.98 Å². The Bertz CT molecular complexity index is 859. The Morgan fingerprint density at radius 2 is 1.79 bits per heavy atom. The number of amides is 2. The predicted octanol–water partition coefficient (Wildman–Crippen LogP) is 2.33. The Hall–Kier alpha value is -2.35. The van der Waals surface area contributed by atoms with Crippen molar-refractivity contribution in [3.8, 4) is 0 Å². The van der Waals surface area contributed by atoms with E-state index in [0.717, 1.165) is 5.56 Å². The summed E-state index contributed by atoms with van der Waals surface area (Å²) in [6.45, 7) is 3.64. The van der Waals surface area contributed by atoms with E-state index in [0.29, 0.717) is 21.4 Å². The van der Waals surface area contributed by atoms with Gasteiger partial charge >= 0.3 is 0 Å². The Labute approximate surface area is 179 Å². The highest BCUT2D eigenvalue weighted by atomic mass is 35.5. The molecule has 1 heterocycles. The molecular weight excluding hydrogens is 415 g/mol. The number of nitrogens with one attached hydrogen (secondary N) is 2. The Kier molecular flexibility index (Phi) is 8.25. The first kappa shape index (κ1) is 22.9. The zero-order chi connectivity index (χ0) is 21.6. The van der Waals surface area contributed by atoms with Crippen LogP contribution in [0.25, 0.3) is 0 Å². The maximum absolute atomic E-state index is 12.8. The molecule has 2 rings (SSSR count). The predicted molar refractivity (Wildman–Crippen MR) is 113 cm³/mol. The van der Waals surface area contributed by atoms with Gasteiger partial charge in [-0.15, -0.1) is 0 Å². The average molecular weight is 439 g/mol. The zero-order valence-electron chi connectivity index (χ0n) is 16.2. The van der Waals surface area contributed by atoms with Crippen LogP contribution in [-0.4, -0.2) is 34.1 Å². The summed E-state index contributed by atoms with van der Waals surface area (Å²) in [5.74, 6) is -0.927. The standard InChI is InChI=1S/C20H24Cl2N4O3/c1-11(2)18(27)20(29)26-16(8-12-3-5-14(21)15(22)7-12)19(28)25-10-13-4-6-17(23)24-9-13/h3-7,9,11,16,18,27H,8,10H2,1-2H3,(H2,23,24)(H,25,28)(H,26,29)/t16-,18?/m0/s1. The van der Waals surface area contributed by atoms with Crippen LogP contribution in [0.2, 0.25) is 10.0 Å². The second-order valence-corrected chi connectivity index (χ2v) is 7.83. The molecule has 0 aliphatic heterocycles. The number of rotatable bonds is 8. The number of nitrogens with zero attached hydrogens (tertiary/aromatic N) is 1. The number of pyridine rings is 1. The van der Waals surface area contributed by atoms with Crippen LogP contribution in [0.1, 0.15) is 25.0 Å². The number of carbonyl (C=O) groups excluding carboxylic acids is 2. The molecule has 0 spiro atoms. The molecule has 0 bridgehead atoms. The monoisotopic (exact) mass is 438 g/mol. The maximum atomic E-state index is 12.8. The third-order valence-electron chi connectivity index (χ3n) is 4.27. The van der Waals surface area contributed by atoms with Gasteiger partial charge in [0.15, 0.2) is 0 Å². The van der Waals surface area contributed by atoms with Gasteiger partial charge in [0, 0.05) is 19.2 Å². The molecule has 0 saturated heterocycles. The van der Waals surface area contributed by atoms with Crippen LogP contribution < -0.4 is 16.4 Å². The smallest absolute Gasteiger partial charge is 0.249 e. The van der Waals surface area contributed by atoms with Crippen molar-refractivity contribution in [2.24, 2.45) is 5.92 Å². The van der Waals surface area contributed by atoms with E-state index in [9.17, 15) is 14.7 Å². The SMILES string of the molecule is CC(C)C(O)C(=O)N[C@@H](Cc1ccc(Cl)c(Cl)c1)C(=O)NCc1ccc(N)nc1. The first-order valence-corrected chi connectivity index (χ1v) is 9.83. The summed E-state index contributed by atoms with van der Waals surface area (Å²) in [5, 5.41) is 16.1. The highest BCUT2D eigenvalue weighted by Gasteiger charge is 2.26. The second kappa shape index (κ2) is 10.4. The summed E-state index contributed by atoms with van der Waals surface area (Å²) in [5.41, 5.74) is 7.03. The van der Waals surface area contributed by atoms with Crippen LogP contribution in [0.3, 0.4) is 0 Å². The number of benzene rings is 1. The summed E-state index contributed by atoms with van der Waals surface area (Å²) in [7, 11) is 0. The molecule has 2 aromatic rings. The van der Waals surface area contributed by atoms with E-state index >= 15 is 0 Å². The molecule has 0 aliphatic carbocycles. The van der Waals surface area contributed by atoms with Gasteiger partial charge < -0.3 is 21.5 Å². The van der Waals surface area contributed by atoms with Crippen molar-refractivity contribution in [2.45, 2.75) is 39.0 Å². The first-order chi connectivity index (χ1) is 13.7. The Morgan fingerprint density at radius 3 is 2.38 bits per heavy atom. The van der Waals surface area contributed by atoms with Crippen LogP contribution in [0.5, 0.6) is 0 Å². The maximum Gasteiger partial charge on any atom is 0.249 e. The number of hydrogen-bond acceptors (Lipinski definition) is 5. The largest absolute Gasteiger partial charge is 0.384 e. The van der Waals surface area contributed by atoms with Crippen molar-refractivity contribution >= 4 is 40.8 Å². The third kappa shape index (κ3) is 6.88. The summed E-state index contributed by atoms with van der Waals surface area (Å²) in [6, 6.07) is 7.46. The lowest BCUT2D eigenvalue weighted by Gasteiger charge is -2.22. The summed E-state index contributed by atoms with van der Waals surface area (Å²) in [6.07, 6.45) is 0.518. The van der Waals surface area contributed by atoms with Gasteiger partial charge in [0.2, 0.25) is 11.8 Å². The number of nitrogen functional groups attached to an aromatic ring is 1. The van der Waals surface area contributed by atoms with Gasteiger partial charge in [-0.05, 0) is 35.2 Å². The van der Waals surface area contributed by atoms with E-state index in [1.165, 1.54) is 0 Å². The topological polar surface area (TPSA) is 117 Å². The molecule has 7 nitrogen and oxygen atoms in total. The molecule has 1 unspecified atom stereocenters. The molecule has 9 heteroatoms. The van der Waals surface area contributed by atoms with Crippen molar-refractivity contribution in [3.05, 3.63) is 57.7 Å². The van der Waals surface area contributed by atoms with E-state index in [4.69, 9.17) is 28.9 Å². The number of hydrogen-bond donors (Lipinski definition) is 4. The van der Waals surface area contributed by atoms with Gasteiger partial charge in [0.05, 0.1) is 10.0 Å². The van der Waals surface area contributed by atoms with Gasteiger partial charge in [0.25, 0.3) is 0 Å². The van der Waals surface area contributed by atoms with Crippen molar-refractivity contribution < 1.29 is 14.7 Å². The number of aliphatic hydroxyl groups is 1. The molecule has 0 radical (unpaired) electrons. The molecule has 0 fully saturated rings. The minimum atomic E-state index is -1.22.